The van der Waals surface area contributed by atoms with Crippen LogP contribution in [0.1, 0.15) is 41.5 Å². The minimum atomic E-state index is -1.10. The topological polar surface area (TPSA) is 201 Å². The van der Waals surface area contributed by atoms with Crippen molar-refractivity contribution >= 4 is 35.4 Å². The van der Waals surface area contributed by atoms with Crippen LogP contribution >= 0.6 is 0 Å². The van der Waals surface area contributed by atoms with Crippen LogP contribution in [0.15, 0.2) is 121 Å². The summed E-state index contributed by atoms with van der Waals surface area (Å²) in [6.07, 6.45) is 3.74. The number of hydrogen-bond donors (Lipinski definition) is 6. The Morgan fingerprint density at radius 3 is 2.29 bits per heavy atom. The molecule has 1 saturated heterocycles. The van der Waals surface area contributed by atoms with Crippen molar-refractivity contribution in [2.24, 2.45) is 11.1 Å². The fourth-order valence-corrected chi connectivity index (χ4v) is 8.08. The summed E-state index contributed by atoms with van der Waals surface area (Å²) in [7, 11) is 0. The molecular weight excluding hydrogens is 799 g/mol. The number of hydrogen-bond acceptors (Lipinski definition) is 8. The molecule has 6 amide bonds. The van der Waals surface area contributed by atoms with E-state index >= 15 is 0 Å². The second-order valence-corrected chi connectivity index (χ2v) is 16.0. The molecule has 2 aliphatic rings. The zero-order valence-corrected chi connectivity index (χ0v) is 35.5. The lowest BCUT2D eigenvalue weighted by Gasteiger charge is -2.42. The van der Waals surface area contributed by atoms with Gasteiger partial charge in [0.15, 0.2) is 0 Å². The molecule has 7 N–H and O–H groups in total. The molecule has 0 aliphatic carbocycles. The third-order valence-corrected chi connectivity index (χ3v) is 11.3. The van der Waals surface area contributed by atoms with Gasteiger partial charge in [0.2, 0.25) is 35.4 Å². The Labute approximate surface area is 368 Å². The van der Waals surface area contributed by atoms with Crippen molar-refractivity contribution in [3.63, 3.8) is 0 Å². The maximum atomic E-state index is 14.9. The van der Waals surface area contributed by atoms with Crippen molar-refractivity contribution in [1.82, 2.24) is 31.5 Å². The molecule has 0 aromatic heterocycles. The van der Waals surface area contributed by atoms with Gasteiger partial charge in [-0.15, -0.1) is 0 Å². The Balaban J connectivity index is 1.32. The van der Waals surface area contributed by atoms with Crippen LogP contribution in [0.3, 0.4) is 0 Å². The number of nitrogens with zero attached hydrogens (tertiary/aromatic N) is 1. The Morgan fingerprint density at radius 2 is 1.51 bits per heavy atom. The van der Waals surface area contributed by atoms with E-state index < -0.39 is 47.0 Å². The molecule has 330 valence electrons. The SMILES string of the molecule is NCCOCCNC(=O)[C@@H]1CCNC(=O)/C=C/C(=O)N2CCC[C@](Cc3ccccc3)(C2)C(=O)N[C@@H](Cc2cccc(-c3ccccc3)c2)C(=O)NCc2ccccc2CC(=O)N1. The van der Waals surface area contributed by atoms with Gasteiger partial charge in [0.1, 0.15) is 12.1 Å². The van der Waals surface area contributed by atoms with Crippen molar-refractivity contribution in [2.45, 2.75) is 57.2 Å². The molecule has 14 nitrogen and oxygen atoms in total. The zero-order chi connectivity index (χ0) is 44.4. The maximum absolute atomic E-state index is 14.9. The highest BCUT2D eigenvalue weighted by molar-refractivity contribution is 5.97. The minimum absolute atomic E-state index is 0.0177. The summed E-state index contributed by atoms with van der Waals surface area (Å²) in [5.41, 5.74) is 9.41. The van der Waals surface area contributed by atoms with E-state index in [0.29, 0.717) is 50.1 Å². The van der Waals surface area contributed by atoms with Gasteiger partial charge in [0.05, 0.1) is 25.0 Å². The van der Waals surface area contributed by atoms with Gasteiger partial charge in [0.25, 0.3) is 0 Å². The number of nitrogens with two attached hydrogens (primary N) is 1. The lowest BCUT2D eigenvalue weighted by atomic mass is 9.74. The van der Waals surface area contributed by atoms with Gasteiger partial charge in [-0.2, -0.15) is 0 Å². The fourth-order valence-electron chi connectivity index (χ4n) is 8.08. The summed E-state index contributed by atoms with van der Waals surface area (Å²) in [5.74, 6) is -2.68. The van der Waals surface area contributed by atoms with Gasteiger partial charge in [-0.1, -0.05) is 109 Å². The molecule has 4 aromatic rings. The van der Waals surface area contributed by atoms with E-state index in [-0.39, 0.29) is 58.0 Å². The molecule has 3 atom stereocenters. The number of fused-ring (bicyclic) bond motifs is 3. The highest BCUT2D eigenvalue weighted by Crippen LogP contribution is 2.35. The third kappa shape index (κ3) is 13.4. The number of ether oxygens (including phenoxy) is 1. The summed E-state index contributed by atoms with van der Waals surface area (Å²) in [6.45, 7) is 1.61. The van der Waals surface area contributed by atoms with Crippen LogP contribution in [-0.4, -0.2) is 98.4 Å². The number of benzene rings is 4. The average Bonchev–Trinajstić information content (AvgIpc) is 3.30. The van der Waals surface area contributed by atoms with Crippen LogP contribution in [0.5, 0.6) is 0 Å². The van der Waals surface area contributed by atoms with Gasteiger partial charge in [-0.25, -0.2) is 0 Å². The number of carbonyl (C=O) groups excluding carboxylic acids is 6. The van der Waals surface area contributed by atoms with E-state index in [4.69, 9.17) is 10.5 Å². The van der Waals surface area contributed by atoms with Gasteiger partial charge in [0, 0.05) is 57.8 Å². The summed E-state index contributed by atoms with van der Waals surface area (Å²) >= 11 is 0. The van der Waals surface area contributed by atoms with Crippen molar-refractivity contribution < 1.29 is 33.5 Å². The number of carbonyl (C=O) groups is 6. The Morgan fingerprint density at radius 1 is 0.794 bits per heavy atom. The predicted octanol–water partition coefficient (Wildman–Crippen LogP) is 2.74. The van der Waals surface area contributed by atoms with E-state index in [2.05, 4.69) is 26.6 Å². The molecule has 0 spiro atoms. The van der Waals surface area contributed by atoms with Crippen LogP contribution in [0.2, 0.25) is 0 Å². The number of rotatable bonds is 11. The normalized spacial score (nSPS) is 21.0. The molecular formula is C49H57N7O7. The van der Waals surface area contributed by atoms with Crippen molar-refractivity contribution in [2.75, 3.05) is 45.9 Å². The van der Waals surface area contributed by atoms with Crippen LogP contribution < -0.4 is 32.3 Å². The summed E-state index contributed by atoms with van der Waals surface area (Å²) in [6, 6.07) is 32.5. The highest BCUT2D eigenvalue weighted by atomic mass is 16.5. The standard InChI is InChI=1S/C49H57N7O7/c50-23-27-63-28-25-52-46(60)41-21-24-51-43(57)19-20-45(59)56-26-10-22-49(34-56,32-35-11-3-1-4-12-35)48(62)55-42(30-36-13-9-18-38(29-36)37-14-5-2-6-15-37)47(61)53-33-40-17-8-7-16-39(40)31-44(58)54-41/h1-9,11-20,29,41-42H,10,21-28,30-34,50H2,(H,51,57)(H,52,60)(H,53,61)(H,54,58)(H,55,62)/b20-19+/t41-,42-,49-/m0/s1. The van der Waals surface area contributed by atoms with E-state index in [1.807, 2.05) is 97.1 Å². The summed E-state index contributed by atoms with van der Waals surface area (Å²) < 4.78 is 5.37. The highest BCUT2D eigenvalue weighted by Gasteiger charge is 2.44. The van der Waals surface area contributed by atoms with Crippen LogP contribution in [0, 0.1) is 5.41 Å². The third-order valence-electron chi connectivity index (χ3n) is 11.3. The summed E-state index contributed by atoms with van der Waals surface area (Å²) in [5, 5.41) is 14.5. The quantitative estimate of drug-likeness (QED) is 0.124. The molecule has 1 fully saturated rings. The Kier molecular flexibility index (Phi) is 16.7. The van der Waals surface area contributed by atoms with Gasteiger partial charge >= 0.3 is 0 Å². The van der Waals surface area contributed by atoms with Gasteiger partial charge in [-0.3, -0.25) is 28.8 Å². The average molecular weight is 856 g/mol. The van der Waals surface area contributed by atoms with Crippen molar-refractivity contribution in [1.29, 1.82) is 0 Å². The second-order valence-electron chi connectivity index (χ2n) is 16.0. The lowest BCUT2D eigenvalue weighted by Crippen LogP contribution is -2.58. The molecule has 4 aromatic carbocycles. The first-order valence-corrected chi connectivity index (χ1v) is 21.6. The molecule has 2 aliphatic heterocycles. The fraction of sp³-hybridized carbons (Fsp3) is 0.347. The number of piperidine rings is 1. The Hall–Kier alpha value is -6.64. The number of nitrogens with one attached hydrogen (secondary N) is 5. The first kappa shape index (κ1) is 45.9. The van der Waals surface area contributed by atoms with Crippen LogP contribution in [0.4, 0.5) is 0 Å². The molecule has 2 bridgehead atoms. The van der Waals surface area contributed by atoms with Crippen LogP contribution in [-0.2, 0) is 59.3 Å². The largest absolute Gasteiger partial charge is 0.378 e. The smallest absolute Gasteiger partial charge is 0.246 e. The van der Waals surface area contributed by atoms with E-state index in [1.54, 1.807) is 17.0 Å². The second kappa shape index (κ2) is 23.0. The lowest BCUT2D eigenvalue weighted by molar-refractivity contribution is -0.141. The van der Waals surface area contributed by atoms with Crippen molar-refractivity contribution in [3.05, 3.63) is 144 Å². The van der Waals surface area contributed by atoms with Gasteiger partial charge in [-0.05, 0) is 59.1 Å². The molecule has 63 heavy (non-hydrogen) atoms. The minimum Gasteiger partial charge on any atom is -0.378 e. The van der Waals surface area contributed by atoms with E-state index in [1.165, 1.54) is 6.08 Å². The predicted molar refractivity (Wildman–Crippen MR) is 239 cm³/mol. The van der Waals surface area contributed by atoms with E-state index in [0.717, 1.165) is 28.3 Å². The first-order chi connectivity index (χ1) is 30.6. The maximum Gasteiger partial charge on any atom is 0.246 e. The summed E-state index contributed by atoms with van der Waals surface area (Å²) in [4.78, 5) is 84.5. The Bertz CT molecular complexity index is 2240. The monoisotopic (exact) mass is 855 g/mol. The number of amides is 6. The molecule has 6 rings (SSSR count). The first-order valence-electron chi connectivity index (χ1n) is 21.6. The van der Waals surface area contributed by atoms with Crippen LogP contribution in [0.25, 0.3) is 11.1 Å². The molecule has 0 unspecified atom stereocenters. The van der Waals surface area contributed by atoms with Crippen molar-refractivity contribution in [3.8, 4) is 11.1 Å². The van der Waals surface area contributed by atoms with E-state index in [9.17, 15) is 28.8 Å². The zero-order valence-electron chi connectivity index (χ0n) is 35.5. The molecule has 2 heterocycles. The molecule has 0 radical (unpaired) electrons. The molecule has 0 saturated carbocycles. The van der Waals surface area contributed by atoms with Gasteiger partial charge < -0.3 is 42.0 Å². The molecule has 14 heteroatoms.